The second-order valence-corrected chi connectivity index (χ2v) is 8.92. The number of fused-ring (bicyclic) bond motifs is 1. The van der Waals surface area contributed by atoms with E-state index in [4.69, 9.17) is 5.10 Å². The van der Waals surface area contributed by atoms with Crippen molar-refractivity contribution in [2.45, 2.75) is 39.0 Å². The zero-order valence-electron chi connectivity index (χ0n) is 15.8. The number of benzene rings is 1. The van der Waals surface area contributed by atoms with Crippen LogP contribution in [0.25, 0.3) is 10.2 Å². The predicted octanol–water partition coefficient (Wildman–Crippen LogP) is 5.15. The standard InChI is InChI=1S/C21H22N4O2S/c1-21(2)11-10-13(14-7-5-8-16(22-14)19(26)27)17(12-21)24-25-20-23-15-6-3-4-9-18(15)28-20/h3-9,13H,10-12H2,1-2H3,(H,23,25)(H,26,27)/b24-17+. The van der Waals surface area contributed by atoms with E-state index in [1.807, 2.05) is 30.3 Å². The molecule has 1 fully saturated rings. The van der Waals surface area contributed by atoms with Crippen molar-refractivity contribution in [1.82, 2.24) is 9.97 Å². The van der Waals surface area contributed by atoms with Crippen LogP contribution in [0.1, 0.15) is 55.2 Å². The van der Waals surface area contributed by atoms with Gasteiger partial charge in [-0.1, -0.05) is 43.4 Å². The molecule has 0 radical (unpaired) electrons. The molecule has 1 saturated carbocycles. The first-order chi connectivity index (χ1) is 13.4. The number of hydrogen-bond donors (Lipinski definition) is 2. The highest BCUT2D eigenvalue weighted by atomic mass is 32.1. The third-order valence-corrected chi connectivity index (χ3v) is 6.05. The average molecular weight is 395 g/mol. The van der Waals surface area contributed by atoms with Gasteiger partial charge < -0.3 is 5.11 Å². The lowest BCUT2D eigenvalue weighted by Crippen LogP contribution is -2.30. The fourth-order valence-corrected chi connectivity index (χ4v) is 4.45. The Balaban J connectivity index is 1.64. The smallest absolute Gasteiger partial charge is 0.354 e. The Morgan fingerprint density at radius 2 is 2.04 bits per heavy atom. The molecule has 4 rings (SSSR count). The van der Waals surface area contributed by atoms with Gasteiger partial charge in [0.1, 0.15) is 5.69 Å². The summed E-state index contributed by atoms with van der Waals surface area (Å²) in [6.45, 7) is 4.47. The van der Waals surface area contributed by atoms with Gasteiger partial charge in [0.25, 0.3) is 0 Å². The minimum atomic E-state index is -1.01. The number of carboxylic acid groups (broad SMARTS) is 1. The first-order valence-corrected chi connectivity index (χ1v) is 10.1. The van der Waals surface area contributed by atoms with E-state index in [0.717, 1.165) is 46.0 Å². The van der Waals surface area contributed by atoms with E-state index in [2.05, 4.69) is 29.2 Å². The Kier molecular flexibility index (Phi) is 4.85. The van der Waals surface area contributed by atoms with Gasteiger partial charge in [-0.05, 0) is 48.9 Å². The number of nitrogens with zero attached hydrogens (tertiary/aromatic N) is 3. The highest BCUT2D eigenvalue weighted by Gasteiger charge is 2.34. The number of carboxylic acids is 1. The summed E-state index contributed by atoms with van der Waals surface area (Å²) >= 11 is 1.57. The van der Waals surface area contributed by atoms with E-state index in [9.17, 15) is 9.90 Å². The Morgan fingerprint density at radius 1 is 1.21 bits per heavy atom. The molecule has 3 aromatic rings. The Labute approximate surface area is 167 Å². The van der Waals surface area contributed by atoms with Crippen molar-refractivity contribution in [2.24, 2.45) is 10.5 Å². The molecule has 1 aromatic carbocycles. The van der Waals surface area contributed by atoms with Crippen molar-refractivity contribution in [3.63, 3.8) is 0 Å². The first kappa shape index (κ1) is 18.6. The fourth-order valence-electron chi connectivity index (χ4n) is 3.64. The molecule has 1 unspecified atom stereocenters. The molecule has 1 aliphatic rings. The SMILES string of the molecule is CC1(C)CCC(c2cccc(C(=O)O)n2)/C(=N/Nc2nc3ccccc3s2)C1. The van der Waals surface area contributed by atoms with E-state index in [1.165, 1.54) is 6.07 Å². The Morgan fingerprint density at radius 3 is 2.82 bits per heavy atom. The molecule has 1 atom stereocenters. The van der Waals surface area contributed by atoms with Crippen LogP contribution < -0.4 is 5.43 Å². The normalized spacial score (nSPS) is 20.4. The number of pyridine rings is 1. The molecule has 0 spiro atoms. The second kappa shape index (κ2) is 7.31. The number of rotatable bonds is 4. The number of anilines is 1. The Bertz CT molecular complexity index is 1020. The zero-order chi connectivity index (χ0) is 19.7. The van der Waals surface area contributed by atoms with Gasteiger partial charge in [-0.25, -0.2) is 14.8 Å². The predicted molar refractivity (Wildman–Crippen MR) is 112 cm³/mol. The van der Waals surface area contributed by atoms with E-state index < -0.39 is 5.97 Å². The molecule has 2 N–H and O–H groups in total. The summed E-state index contributed by atoms with van der Waals surface area (Å²) in [6.07, 6.45) is 2.76. The van der Waals surface area contributed by atoms with Crippen LogP contribution >= 0.6 is 11.3 Å². The number of carbonyl (C=O) groups is 1. The summed E-state index contributed by atoms with van der Waals surface area (Å²) in [5.74, 6) is -1.00. The van der Waals surface area contributed by atoms with Gasteiger partial charge in [0.05, 0.1) is 15.9 Å². The summed E-state index contributed by atoms with van der Waals surface area (Å²) in [5.41, 5.74) is 6.05. The maximum atomic E-state index is 11.3. The number of aromatic nitrogens is 2. The van der Waals surface area contributed by atoms with Crippen molar-refractivity contribution >= 4 is 38.4 Å². The van der Waals surface area contributed by atoms with Crippen molar-refractivity contribution in [3.8, 4) is 0 Å². The topological polar surface area (TPSA) is 87.5 Å². The highest BCUT2D eigenvalue weighted by molar-refractivity contribution is 7.22. The van der Waals surface area contributed by atoms with Gasteiger partial charge in [-0.3, -0.25) is 5.43 Å². The van der Waals surface area contributed by atoms with Crippen molar-refractivity contribution < 1.29 is 9.90 Å². The van der Waals surface area contributed by atoms with E-state index >= 15 is 0 Å². The highest BCUT2D eigenvalue weighted by Crippen LogP contribution is 2.40. The maximum Gasteiger partial charge on any atom is 0.354 e. The maximum absolute atomic E-state index is 11.3. The number of hydrazone groups is 1. The van der Waals surface area contributed by atoms with Gasteiger partial charge in [-0.15, -0.1) is 0 Å². The van der Waals surface area contributed by atoms with Crippen LogP contribution in [0, 0.1) is 5.41 Å². The van der Waals surface area contributed by atoms with Crippen LogP contribution in [0.15, 0.2) is 47.6 Å². The number of aromatic carboxylic acids is 1. The summed E-state index contributed by atoms with van der Waals surface area (Å²) in [4.78, 5) is 20.2. The van der Waals surface area contributed by atoms with Gasteiger partial charge in [-0.2, -0.15) is 5.10 Å². The van der Waals surface area contributed by atoms with Crippen molar-refractivity contribution in [1.29, 1.82) is 0 Å². The van der Waals surface area contributed by atoms with Crippen LogP contribution in [0.3, 0.4) is 0 Å². The van der Waals surface area contributed by atoms with E-state index in [1.54, 1.807) is 17.4 Å². The van der Waals surface area contributed by atoms with Crippen molar-refractivity contribution in [2.75, 3.05) is 5.43 Å². The molecule has 7 heteroatoms. The molecule has 2 heterocycles. The molecule has 0 aliphatic heterocycles. The third-order valence-electron chi connectivity index (χ3n) is 5.11. The monoisotopic (exact) mass is 394 g/mol. The van der Waals surface area contributed by atoms with Gasteiger partial charge in [0.15, 0.2) is 0 Å². The lowest BCUT2D eigenvalue weighted by Gasteiger charge is -2.35. The minimum Gasteiger partial charge on any atom is -0.477 e. The summed E-state index contributed by atoms with van der Waals surface area (Å²) in [6, 6.07) is 13.2. The largest absolute Gasteiger partial charge is 0.477 e. The minimum absolute atomic E-state index is 0.00852. The van der Waals surface area contributed by atoms with Gasteiger partial charge in [0.2, 0.25) is 5.13 Å². The molecular weight excluding hydrogens is 372 g/mol. The third kappa shape index (κ3) is 3.89. The molecule has 28 heavy (non-hydrogen) atoms. The quantitative estimate of drug-likeness (QED) is 0.598. The lowest BCUT2D eigenvalue weighted by molar-refractivity contribution is 0.0690. The van der Waals surface area contributed by atoms with E-state index in [-0.39, 0.29) is 17.0 Å². The molecular formula is C21H22N4O2S. The van der Waals surface area contributed by atoms with Gasteiger partial charge >= 0.3 is 5.97 Å². The average Bonchev–Trinajstić information content (AvgIpc) is 3.09. The van der Waals surface area contributed by atoms with Crippen molar-refractivity contribution in [3.05, 3.63) is 53.9 Å². The van der Waals surface area contributed by atoms with Crippen LogP contribution in [0.5, 0.6) is 0 Å². The molecule has 0 bridgehead atoms. The number of para-hydroxylation sites is 1. The van der Waals surface area contributed by atoms with Gasteiger partial charge in [0, 0.05) is 11.6 Å². The molecule has 0 amide bonds. The molecule has 2 aromatic heterocycles. The molecule has 1 aliphatic carbocycles. The lowest BCUT2D eigenvalue weighted by atomic mass is 9.71. The second-order valence-electron chi connectivity index (χ2n) is 7.89. The summed E-state index contributed by atoms with van der Waals surface area (Å²) < 4.78 is 1.11. The number of hydrogen-bond acceptors (Lipinski definition) is 6. The summed E-state index contributed by atoms with van der Waals surface area (Å²) in [7, 11) is 0. The Hall–Kier alpha value is -2.80. The first-order valence-electron chi connectivity index (χ1n) is 9.30. The van der Waals surface area contributed by atoms with Crippen LogP contribution in [-0.2, 0) is 0 Å². The zero-order valence-corrected chi connectivity index (χ0v) is 16.7. The van der Waals surface area contributed by atoms with Crippen LogP contribution in [0.4, 0.5) is 5.13 Å². The molecule has 144 valence electrons. The summed E-state index contributed by atoms with van der Waals surface area (Å²) in [5, 5.41) is 14.7. The molecule has 0 saturated heterocycles. The van der Waals surface area contributed by atoms with E-state index in [0.29, 0.717) is 0 Å². The number of thiazole rings is 1. The fraction of sp³-hybridized carbons (Fsp3) is 0.333. The van der Waals surface area contributed by atoms with Crippen LogP contribution in [0.2, 0.25) is 0 Å². The molecule has 6 nitrogen and oxygen atoms in total. The number of nitrogens with one attached hydrogen (secondary N) is 1. The van der Waals surface area contributed by atoms with Crippen LogP contribution in [-0.4, -0.2) is 26.8 Å².